The van der Waals surface area contributed by atoms with Gasteiger partial charge in [-0.1, -0.05) is 29.8 Å². The van der Waals surface area contributed by atoms with E-state index >= 15 is 0 Å². The molecule has 0 radical (unpaired) electrons. The van der Waals surface area contributed by atoms with Crippen LogP contribution in [0.2, 0.25) is 0 Å². The molecule has 1 aromatic carbocycles. The number of rotatable bonds is 5. The highest BCUT2D eigenvalue weighted by molar-refractivity contribution is 5.80. The van der Waals surface area contributed by atoms with E-state index in [9.17, 15) is 0 Å². The van der Waals surface area contributed by atoms with Crippen LogP contribution in [0.25, 0.3) is 0 Å². The van der Waals surface area contributed by atoms with Gasteiger partial charge in [-0.3, -0.25) is 4.99 Å². The van der Waals surface area contributed by atoms with Crippen molar-refractivity contribution in [3.05, 3.63) is 35.4 Å². The van der Waals surface area contributed by atoms with Crippen LogP contribution in [0.1, 0.15) is 56.8 Å². The number of piperidine rings is 1. The highest BCUT2D eigenvalue weighted by atomic mass is 16.5. The standard InChI is InChI=1S/C23H38N4O/c1-17(2)27-13-11-21(12-14-27)26-23(24-4)25-16-20-6-5-15-28-22(20)19-9-7-18(3)8-10-19/h7-10,17,20-22H,5-6,11-16H2,1-4H3,(H2,24,25,26). The molecule has 156 valence electrons. The predicted molar refractivity (Wildman–Crippen MR) is 117 cm³/mol. The summed E-state index contributed by atoms with van der Waals surface area (Å²) in [5, 5.41) is 7.21. The van der Waals surface area contributed by atoms with E-state index in [4.69, 9.17) is 4.74 Å². The molecule has 0 spiro atoms. The minimum atomic E-state index is 0.175. The van der Waals surface area contributed by atoms with E-state index in [1.54, 1.807) is 0 Å². The first kappa shape index (κ1) is 21.1. The number of nitrogens with zero attached hydrogens (tertiary/aromatic N) is 2. The number of ether oxygens (including phenoxy) is 1. The van der Waals surface area contributed by atoms with E-state index in [0.717, 1.165) is 38.6 Å². The Morgan fingerprint density at radius 1 is 1.18 bits per heavy atom. The van der Waals surface area contributed by atoms with Gasteiger partial charge in [-0.15, -0.1) is 0 Å². The summed E-state index contributed by atoms with van der Waals surface area (Å²) in [6.07, 6.45) is 4.85. The second-order valence-electron chi connectivity index (χ2n) is 8.61. The van der Waals surface area contributed by atoms with Crippen LogP contribution in [0.4, 0.5) is 0 Å². The lowest BCUT2D eigenvalue weighted by Crippen LogP contribution is -2.50. The first-order chi connectivity index (χ1) is 13.6. The van der Waals surface area contributed by atoms with Crippen LogP contribution in [0.5, 0.6) is 0 Å². The van der Waals surface area contributed by atoms with Gasteiger partial charge in [0.15, 0.2) is 5.96 Å². The molecule has 2 saturated heterocycles. The van der Waals surface area contributed by atoms with Crippen LogP contribution >= 0.6 is 0 Å². The molecule has 5 heteroatoms. The summed E-state index contributed by atoms with van der Waals surface area (Å²) >= 11 is 0. The number of guanidine groups is 1. The second-order valence-corrected chi connectivity index (χ2v) is 8.61. The third-order valence-corrected chi connectivity index (χ3v) is 6.21. The summed E-state index contributed by atoms with van der Waals surface area (Å²) < 4.78 is 6.16. The van der Waals surface area contributed by atoms with E-state index in [0.29, 0.717) is 18.0 Å². The highest BCUT2D eigenvalue weighted by Gasteiger charge is 2.28. The Bertz CT molecular complexity index is 620. The molecule has 2 fully saturated rings. The van der Waals surface area contributed by atoms with Gasteiger partial charge in [0.1, 0.15) is 0 Å². The van der Waals surface area contributed by atoms with Gasteiger partial charge in [0, 0.05) is 51.3 Å². The summed E-state index contributed by atoms with van der Waals surface area (Å²) in [6, 6.07) is 9.95. The Morgan fingerprint density at radius 2 is 1.89 bits per heavy atom. The number of aryl methyl sites for hydroxylation is 1. The zero-order chi connectivity index (χ0) is 19.9. The molecule has 2 unspecified atom stereocenters. The summed E-state index contributed by atoms with van der Waals surface area (Å²) in [4.78, 5) is 7.03. The molecule has 1 aromatic rings. The molecule has 2 N–H and O–H groups in total. The fraction of sp³-hybridized carbons (Fsp3) is 0.696. The van der Waals surface area contributed by atoms with Crippen molar-refractivity contribution in [1.82, 2.24) is 15.5 Å². The first-order valence-corrected chi connectivity index (χ1v) is 11.0. The average Bonchev–Trinajstić information content (AvgIpc) is 2.72. The van der Waals surface area contributed by atoms with E-state index in [2.05, 4.69) is 65.6 Å². The summed E-state index contributed by atoms with van der Waals surface area (Å²) in [5.41, 5.74) is 2.59. The highest BCUT2D eigenvalue weighted by Crippen LogP contribution is 2.33. The molecule has 0 saturated carbocycles. The lowest BCUT2D eigenvalue weighted by Gasteiger charge is -2.36. The topological polar surface area (TPSA) is 48.9 Å². The van der Waals surface area contributed by atoms with E-state index in [1.165, 1.54) is 30.4 Å². The molecular weight excluding hydrogens is 348 g/mol. The van der Waals surface area contributed by atoms with Crippen molar-refractivity contribution >= 4 is 5.96 Å². The van der Waals surface area contributed by atoms with Gasteiger partial charge in [0.2, 0.25) is 0 Å². The van der Waals surface area contributed by atoms with Crippen LogP contribution in [0.3, 0.4) is 0 Å². The minimum Gasteiger partial charge on any atom is -0.373 e. The number of nitrogens with one attached hydrogen (secondary N) is 2. The molecular formula is C23H38N4O. The first-order valence-electron chi connectivity index (χ1n) is 11.0. The molecule has 28 heavy (non-hydrogen) atoms. The zero-order valence-electron chi connectivity index (χ0n) is 18.1. The average molecular weight is 387 g/mol. The summed E-state index contributed by atoms with van der Waals surface area (Å²) in [7, 11) is 1.87. The molecule has 3 rings (SSSR count). The normalized spacial score (nSPS) is 25.1. The Labute approximate surface area is 170 Å². The number of likely N-dealkylation sites (tertiary alicyclic amines) is 1. The van der Waals surface area contributed by atoms with E-state index < -0.39 is 0 Å². The van der Waals surface area contributed by atoms with Crippen molar-refractivity contribution in [2.24, 2.45) is 10.9 Å². The van der Waals surface area contributed by atoms with Crippen LogP contribution in [-0.2, 0) is 4.74 Å². The van der Waals surface area contributed by atoms with Crippen molar-refractivity contribution < 1.29 is 4.74 Å². The van der Waals surface area contributed by atoms with Crippen LogP contribution in [0, 0.1) is 12.8 Å². The summed E-state index contributed by atoms with van der Waals surface area (Å²) in [6.45, 7) is 10.8. The molecule has 2 aliphatic rings. The van der Waals surface area contributed by atoms with Crippen molar-refractivity contribution in [2.45, 2.75) is 64.6 Å². The fourth-order valence-corrected chi connectivity index (χ4v) is 4.35. The van der Waals surface area contributed by atoms with E-state index in [1.807, 2.05) is 7.05 Å². The largest absolute Gasteiger partial charge is 0.373 e. The monoisotopic (exact) mass is 386 g/mol. The van der Waals surface area contributed by atoms with E-state index in [-0.39, 0.29) is 6.10 Å². The number of aliphatic imine (C=N–C) groups is 1. The lowest BCUT2D eigenvalue weighted by atomic mass is 9.89. The molecule has 2 aliphatic heterocycles. The van der Waals surface area contributed by atoms with Crippen LogP contribution in [0.15, 0.2) is 29.3 Å². The maximum Gasteiger partial charge on any atom is 0.191 e. The van der Waals surface area contributed by atoms with Gasteiger partial charge in [-0.05, 0) is 52.0 Å². The van der Waals surface area contributed by atoms with Gasteiger partial charge in [-0.2, -0.15) is 0 Å². The minimum absolute atomic E-state index is 0.175. The SMILES string of the molecule is CN=C(NCC1CCCOC1c1ccc(C)cc1)NC1CCN(C(C)C)CC1. The molecule has 0 aromatic heterocycles. The second kappa shape index (κ2) is 10.3. The maximum atomic E-state index is 6.16. The van der Waals surface area contributed by atoms with Gasteiger partial charge in [0.05, 0.1) is 6.10 Å². The Hall–Kier alpha value is -1.59. The van der Waals surface area contributed by atoms with Crippen LogP contribution in [-0.4, -0.2) is 56.2 Å². The number of benzene rings is 1. The smallest absolute Gasteiger partial charge is 0.191 e. The number of hydrogen-bond acceptors (Lipinski definition) is 3. The zero-order valence-corrected chi connectivity index (χ0v) is 18.1. The third-order valence-electron chi connectivity index (χ3n) is 6.21. The van der Waals surface area contributed by atoms with Crippen LogP contribution < -0.4 is 10.6 Å². The van der Waals surface area contributed by atoms with Crippen molar-refractivity contribution in [2.75, 3.05) is 33.3 Å². The Kier molecular flexibility index (Phi) is 7.74. The molecule has 0 bridgehead atoms. The molecule has 0 aliphatic carbocycles. The number of hydrogen-bond donors (Lipinski definition) is 2. The quantitative estimate of drug-likeness (QED) is 0.601. The summed E-state index contributed by atoms with van der Waals surface area (Å²) in [5.74, 6) is 1.40. The molecule has 5 nitrogen and oxygen atoms in total. The Morgan fingerprint density at radius 3 is 2.54 bits per heavy atom. The third kappa shape index (κ3) is 5.71. The van der Waals surface area contributed by atoms with Gasteiger partial charge < -0.3 is 20.3 Å². The molecule has 0 amide bonds. The Balaban J connectivity index is 1.51. The molecule has 2 heterocycles. The van der Waals surface area contributed by atoms with Crippen molar-refractivity contribution in [3.63, 3.8) is 0 Å². The van der Waals surface area contributed by atoms with Gasteiger partial charge >= 0.3 is 0 Å². The maximum absolute atomic E-state index is 6.16. The fourth-order valence-electron chi connectivity index (χ4n) is 4.35. The van der Waals surface area contributed by atoms with Crippen molar-refractivity contribution in [3.8, 4) is 0 Å². The molecule has 2 atom stereocenters. The van der Waals surface area contributed by atoms with Gasteiger partial charge in [-0.25, -0.2) is 0 Å². The van der Waals surface area contributed by atoms with Gasteiger partial charge in [0.25, 0.3) is 0 Å². The lowest BCUT2D eigenvalue weighted by molar-refractivity contribution is -0.0265. The van der Waals surface area contributed by atoms with Crippen molar-refractivity contribution in [1.29, 1.82) is 0 Å². The predicted octanol–water partition coefficient (Wildman–Crippen LogP) is 3.50.